The van der Waals surface area contributed by atoms with Crippen LogP contribution >= 0.6 is 0 Å². The Balaban J connectivity index is 1.34. The fourth-order valence-electron chi connectivity index (χ4n) is 4.14. The first-order chi connectivity index (χ1) is 13.4. The van der Waals surface area contributed by atoms with E-state index >= 15 is 0 Å². The van der Waals surface area contributed by atoms with Crippen LogP contribution in [0.3, 0.4) is 0 Å². The number of nitrogens with zero attached hydrogens (tertiary/aromatic N) is 1. The third-order valence-corrected chi connectivity index (χ3v) is 5.67. The summed E-state index contributed by atoms with van der Waals surface area (Å²) in [5, 5.41) is 6.10. The van der Waals surface area contributed by atoms with Crippen LogP contribution < -0.4 is 10.6 Å². The van der Waals surface area contributed by atoms with E-state index in [1.807, 2.05) is 0 Å². The minimum atomic E-state index is -0.713. The molecule has 2 aromatic rings. The molecular weight excluding hydrogens is 365 g/mol. The number of urea groups is 1. The molecule has 0 radical (unpaired) electrons. The average Bonchev–Trinajstić information content (AvgIpc) is 3.33. The van der Waals surface area contributed by atoms with Crippen molar-refractivity contribution in [3.05, 3.63) is 35.3 Å². The minimum Gasteiger partial charge on any atom is -0.448 e. The van der Waals surface area contributed by atoms with Crippen LogP contribution in [0.4, 0.5) is 9.18 Å². The molecule has 1 saturated heterocycles. The van der Waals surface area contributed by atoms with Crippen molar-refractivity contribution in [2.75, 3.05) is 13.1 Å². The Morgan fingerprint density at radius 1 is 1.32 bits per heavy atom. The number of rotatable bonds is 5. The molecule has 0 atom stereocenters. The van der Waals surface area contributed by atoms with Gasteiger partial charge in [0.2, 0.25) is 0 Å². The summed E-state index contributed by atoms with van der Waals surface area (Å²) in [6.45, 7) is 2.21. The van der Waals surface area contributed by atoms with Crippen molar-refractivity contribution in [1.29, 1.82) is 0 Å². The van der Waals surface area contributed by atoms with Crippen LogP contribution in [-0.4, -0.2) is 41.4 Å². The van der Waals surface area contributed by atoms with Crippen molar-refractivity contribution in [3.8, 4) is 0 Å². The molecule has 2 aliphatic rings. The molecule has 28 heavy (non-hydrogen) atoms. The van der Waals surface area contributed by atoms with Crippen LogP contribution in [-0.2, 0) is 4.79 Å². The highest BCUT2D eigenvalue weighted by molar-refractivity contribution is 6.07. The maximum Gasteiger partial charge on any atom is 0.325 e. The monoisotopic (exact) mass is 387 g/mol. The van der Waals surface area contributed by atoms with Gasteiger partial charge in [-0.05, 0) is 32.3 Å². The van der Waals surface area contributed by atoms with Gasteiger partial charge in [0.05, 0.1) is 0 Å². The standard InChI is InChI=1S/C20H22FN3O4/c1-12-13-6-4-7-14(21)16(13)28-15(12)17(25)22-10-5-11-24-18(26)20(23-19(24)27)8-2-3-9-20/h4,6-7H,2-3,5,8-11H2,1H3,(H,22,25)(H,23,27). The Hall–Kier alpha value is -2.90. The number of halogens is 1. The number of amides is 4. The molecule has 2 fully saturated rings. The van der Waals surface area contributed by atoms with Gasteiger partial charge in [0.25, 0.3) is 11.8 Å². The number of hydrogen-bond donors (Lipinski definition) is 2. The van der Waals surface area contributed by atoms with Gasteiger partial charge in [-0.3, -0.25) is 14.5 Å². The summed E-state index contributed by atoms with van der Waals surface area (Å²) in [6, 6.07) is 4.19. The second-order valence-corrected chi connectivity index (χ2v) is 7.46. The summed E-state index contributed by atoms with van der Waals surface area (Å²) >= 11 is 0. The number of benzene rings is 1. The Labute approximate surface area is 161 Å². The molecule has 1 aromatic heterocycles. The summed E-state index contributed by atoms with van der Waals surface area (Å²) in [4.78, 5) is 38.3. The molecule has 1 saturated carbocycles. The largest absolute Gasteiger partial charge is 0.448 e. The predicted molar refractivity (Wildman–Crippen MR) is 99.3 cm³/mol. The minimum absolute atomic E-state index is 0.0614. The Bertz CT molecular complexity index is 962. The molecule has 8 heteroatoms. The highest BCUT2D eigenvalue weighted by atomic mass is 19.1. The number of hydrogen-bond acceptors (Lipinski definition) is 4. The first-order valence-corrected chi connectivity index (χ1v) is 9.53. The SMILES string of the molecule is Cc1c(C(=O)NCCCN2C(=O)NC3(CCCC3)C2=O)oc2c(F)cccc12. The van der Waals surface area contributed by atoms with Crippen LogP contribution in [0.1, 0.15) is 48.2 Å². The number of fused-ring (bicyclic) bond motifs is 1. The summed E-state index contributed by atoms with van der Waals surface area (Å²) in [5.74, 6) is -1.05. The molecule has 148 valence electrons. The number of imide groups is 1. The zero-order valence-corrected chi connectivity index (χ0v) is 15.6. The Morgan fingerprint density at radius 2 is 2.07 bits per heavy atom. The normalized spacial score (nSPS) is 18.3. The Kier molecular flexibility index (Phi) is 4.56. The molecule has 1 aliphatic heterocycles. The first-order valence-electron chi connectivity index (χ1n) is 9.53. The van der Waals surface area contributed by atoms with Crippen LogP contribution in [0.2, 0.25) is 0 Å². The van der Waals surface area contributed by atoms with E-state index in [0.29, 0.717) is 30.2 Å². The van der Waals surface area contributed by atoms with E-state index in [4.69, 9.17) is 4.42 Å². The summed E-state index contributed by atoms with van der Waals surface area (Å²) in [6.07, 6.45) is 3.68. The van der Waals surface area contributed by atoms with E-state index in [1.165, 1.54) is 11.0 Å². The van der Waals surface area contributed by atoms with Crippen molar-refractivity contribution in [1.82, 2.24) is 15.5 Å². The molecule has 1 aliphatic carbocycles. The van der Waals surface area contributed by atoms with Gasteiger partial charge < -0.3 is 15.1 Å². The third kappa shape index (κ3) is 2.93. The summed E-state index contributed by atoms with van der Waals surface area (Å²) in [7, 11) is 0. The maximum absolute atomic E-state index is 13.8. The van der Waals surface area contributed by atoms with Crippen molar-refractivity contribution in [3.63, 3.8) is 0 Å². The molecule has 1 spiro atoms. The molecule has 4 amide bonds. The van der Waals surface area contributed by atoms with E-state index in [-0.39, 0.29) is 36.4 Å². The molecule has 7 nitrogen and oxygen atoms in total. The second-order valence-electron chi connectivity index (χ2n) is 7.46. The van der Waals surface area contributed by atoms with Crippen molar-refractivity contribution in [2.24, 2.45) is 0 Å². The molecule has 2 N–H and O–H groups in total. The van der Waals surface area contributed by atoms with E-state index in [2.05, 4.69) is 10.6 Å². The molecule has 1 aromatic carbocycles. The lowest BCUT2D eigenvalue weighted by Gasteiger charge is -2.20. The fraction of sp³-hybridized carbons (Fsp3) is 0.450. The van der Waals surface area contributed by atoms with Crippen LogP contribution in [0.25, 0.3) is 11.0 Å². The van der Waals surface area contributed by atoms with Gasteiger partial charge in [0.1, 0.15) is 5.54 Å². The van der Waals surface area contributed by atoms with Gasteiger partial charge in [-0.15, -0.1) is 0 Å². The van der Waals surface area contributed by atoms with Gasteiger partial charge >= 0.3 is 6.03 Å². The lowest BCUT2D eigenvalue weighted by atomic mass is 9.98. The molecular formula is C20H22FN3O4. The quantitative estimate of drug-likeness (QED) is 0.610. The van der Waals surface area contributed by atoms with Gasteiger partial charge in [-0.25, -0.2) is 9.18 Å². The summed E-state index contributed by atoms with van der Waals surface area (Å²) in [5.41, 5.74) is -0.0777. The van der Waals surface area contributed by atoms with Gasteiger partial charge in [-0.2, -0.15) is 0 Å². The van der Waals surface area contributed by atoms with Crippen LogP contribution in [0, 0.1) is 12.7 Å². The van der Waals surface area contributed by atoms with Gasteiger partial charge in [-0.1, -0.05) is 25.0 Å². The van der Waals surface area contributed by atoms with Crippen molar-refractivity contribution in [2.45, 2.75) is 44.6 Å². The van der Waals surface area contributed by atoms with Crippen molar-refractivity contribution < 1.29 is 23.2 Å². The summed E-state index contributed by atoms with van der Waals surface area (Å²) < 4.78 is 19.2. The topological polar surface area (TPSA) is 91.7 Å². The molecule has 2 heterocycles. The first kappa shape index (κ1) is 18.5. The second kappa shape index (κ2) is 6.92. The zero-order chi connectivity index (χ0) is 19.9. The van der Waals surface area contributed by atoms with Gasteiger partial charge in [0.15, 0.2) is 17.2 Å². The number of aryl methyl sites for hydroxylation is 1. The third-order valence-electron chi connectivity index (χ3n) is 5.67. The number of para-hydroxylation sites is 1. The van der Waals surface area contributed by atoms with Crippen LogP contribution in [0.15, 0.2) is 22.6 Å². The smallest absolute Gasteiger partial charge is 0.325 e. The molecule has 0 unspecified atom stereocenters. The predicted octanol–water partition coefficient (Wildman–Crippen LogP) is 2.86. The average molecular weight is 387 g/mol. The fourth-order valence-corrected chi connectivity index (χ4v) is 4.14. The number of carbonyl (C=O) groups excluding carboxylic acids is 3. The highest BCUT2D eigenvalue weighted by Gasteiger charge is 2.51. The number of furan rings is 1. The van der Waals surface area contributed by atoms with E-state index in [1.54, 1.807) is 19.1 Å². The van der Waals surface area contributed by atoms with E-state index in [9.17, 15) is 18.8 Å². The Morgan fingerprint density at radius 3 is 2.79 bits per heavy atom. The highest BCUT2D eigenvalue weighted by Crippen LogP contribution is 2.35. The van der Waals surface area contributed by atoms with Crippen molar-refractivity contribution >= 4 is 28.8 Å². The number of carbonyl (C=O) groups is 3. The van der Waals surface area contributed by atoms with E-state index < -0.39 is 17.3 Å². The maximum atomic E-state index is 13.8. The molecule has 4 rings (SSSR count). The van der Waals surface area contributed by atoms with Crippen LogP contribution in [0.5, 0.6) is 0 Å². The van der Waals surface area contributed by atoms with E-state index in [0.717, 1.165) is 12.8 Å². The lowest BCUT2D eigenvalue weighted by molar-refractivity contribution is -0.131. The lowest BCUT2D eigenvalue weighted by Crippen LogP contribution is -2.44. The number of nitrogens with one attached hydrogen (secondary N) is 2. The molecule has 0 bridgehead atoms. The zero-order valence-electron chi connectivity index (χ0n) is 15.6. The van der Waals surface area contributed by atoms with Gasteiger partial charge in [0, 0.05) is 24.0 Å².